The van der Waals surface area contributed by atoms with Crippen molar-refractivity contribution >= 4 is 27.6 Å². The molecule has 0 fully saturated rings. The molecule has 3 aromatic heterocycles. The van der Waals surface area contributed by atoms with Crippen LogP contribution in [0.15, 0.2) is 150 Å². The molecule has 0 atom stereocenters. The number of aromatic nitrogens is 2. The predicted molar refractivity (Wildman–Crippen MR) is 164 cm³/mol. The second kappa shape index (κ2) is 9.11. The van der Waals surface area contributed by atoms with Gasteiger partial charge in [-0.2, -0.15) is 0 Å². The van der Waals surface area contributed by atoms with Gasteiger partial charge in [0.1, 0.15) is 16.8 Å². The molecule has 8 rings (SSSR count). The first-order valence-corrected chi connectivity index (χ1v) is 13.5. The standard InChI is InChI=1S/C37H24N2O/c1-2-9-27(10-3-1)37-36(38-35-15-6-7-22-39(35)37)30-12-8-11-28(23-30)25-16-18-26(19-17-25)29-20-21-32-31-13-4-5-14-33(31)40-34(32)24-29/h1-24H. The van der Waals surface area contributed by atoms with Gasteiger partial charge in [-0.05, 0) is 58.7 Å². The molecule has 0 spiro atoms. The van der Waals surface area contributed by atoms with Crippen LogP contribution in [0.25, 0.3) is 72.4 Å². The van der Waals surface area contributed by atoms with Crippen molar-refractivity contribution < 1.29 is 4.42 Å². The van der Waals surface area contributed by atoms with E-state index in [-0.39, 0.29) is 0 Å². The molecule has 40 heavy (non-hydrogen) atoms. The van der Waals surface area contributed by atoms with E-state index in [4.69, 9.17) is 9.40 Å². The third-order valence-electron chi connectivity index (χ3n) is 7.64. The average Bonchev–Trinajstić information content (AvgIpc) is 3.60. The lowest BCUT2D eigenvalue weighted by molar-refractivity contribution is 0.669. The Hall–Kier alpha value is -5.41. The summed E-state index contributed by atoms with van der Waals surface area (Å²) < 4.78 is 8.29. The van der Waals surface area contributed by atoms with E-state index in [2.05, 4.69) is 126 Å². The second-order valence-corrected chi connectivity index (χ2v) is 10.1. The zero-order chi connectivity index (χ0) is 26.5. The molecular formula is C37H24N2O. The van der Waals surface area contributed by atoms with Gasteiger partial charge in [0.2, 0.25) is 0 Å². The van der Waals surface area contributed by atoms with Crippen molar-refractivity contribution in [1.29, 1.82) is 0 Å². The van der Waals surface area contributed by atoms with Crippen molar-refractivity contribution in [2.75, 3.05) is 0 Å². The number of hydrogen-bond acceptors (Lipinski definition) is 2. The Balaban J connectivity index is 1.17. The lowest BCUT2D eigenvalue weighted by atomic mass is 9.97. The summed E-state index contributed by atoms with van der Waals surface area (Å²) in [6, 6.07) is 48.7. The summed E-state index contributed by atoms with van der Waals surface area (Å²) in [5, 5.41) is 2.30. The Morgan fingerprint density at radius 3 is 1.95 bits per heavy atom. The van der Waals surface area contributed by atoms with Gasteiger partial charge >= 0.3 is 0 Å². The zero-order valence-electron chi connectivity index (χ0n) is 21.7. The van der Waals surface area contributed by atoms with E-state index >= 15 is 0 Å². The minimum absolute atomic E-state index is 0.914. The van der Waals surface area contributed by atoms with Gasteiger partial charge in [-0.3, -0.25) is 4.40 Å². The van der Waals surface area contributed by atoms with Crippen molar-refractivity contribution in [1.82, 2.24) is 9.38 Å². The minimum Gasteiger partial charge on any atom is -0.456 e. The lowest BCUT2D eigenvalue weighted by Crippen LogP contribution is -1.89. The molecule has 0 amide bonds. The highest BCUT2D eigenvalue weighted by atomic mass is 16.3. The van der Waals surface area contributed by atoms with Gasteiger partial charge in [0.25, 0.3) is 0 Å². The van der Waals surface area contributed by atoms with Gasteiger partial charge in [0, 0.05) is 28.1 Å². The van der Waals surface area contributed by atoms with Crippen LogP contribution >= 0.6 is 0 Å². The summed E-state index contributed by atoms with van der Waals surface area (Å²) in [5.74, 6) is 0. The van der Waals surface area contributed by atoms with Crippen molar-refractivity contribution in [3.8, 4) is 44.8 Å². The summed E-state index contributed by atoms with van der Waals surface area (Å²) in [5.41, 5.74) is 11.7. The van der Waals surface area contributed by atoms with Crippen LogP contribution in [0.3, 0.4) is 0 Å². The maximum atomic E-state index is 6.12. The third kappa shape index (κ3) is 3.71. The lowest BCUT2D eigenvalue weighted by Gasteiger charge is -2.09. The van der Waals surface area contributed by atoms with Crippen molar-refractivity contribution in [3.63, 3.8) is 0 Å². The van der Waals surface area contributed by atoms with E-state index < -0.39 is 0 Å². The molecule has 8 aromatic rings. The number of imidazole rings is 1. The molecule has 0 aliphatic heterocycles. The fourth-order valence-corrected chi connectivity index (χ4v) is 5.68. The zero-order valence-corrected chi connectivity index (χ0v) is 21.7. The second-order valence-electron chi connectivity index (χ2n) is 10.1. The number of pyridine rings is 1. The Morgan fingerprint density at radius 1 is 0.450 bits per heavy atom. The van der Waals surface area contributed by atoms with Gasteiger partial charge in [-0.1, -0.05) is 103 Å². The SMILES string of the molecule is c1ccc(-c2c(-c3cccc(-c4ccc(-c5ccc6c(c5)oc5ccccc56)cc4)c3)nc3ccccn23)cc1. The fourth-order valence-electron chi connectivity index (χ4n) is 5.68. The van der Waals surface area contributed by atoms with Crippen LogP contribution in [0.1, 0.15) is 0 Å². The highest BCUT2D eigenvalue weighted by Gasteiger charge is 2.16. The number of rotatable bonds is 4. The molecule has 0 aliphatic rings. The molecule has 5 aromatic carbocycles. The summed E-state index contributed by atoms with van der Waals surface area (Å²) in [6.45, 7) is 0. The van der Waals surface area contributed by atoms with E-state index in [9.17, 15) is 0 Å². The molecule has 3 nitrogen and oxygen atoms in total. The normalized spacial score (nSPS) is 11.5. The van der Waals surface area contributed by atoms with Crippen LogP contribution in [0.5, 0.6) is 0 Å². The van der Waals surface area contributed by atoms with E-state index in [0.717, 1.165) is 66.8 Å². The molecule has 0 aliphatic carbocycles. The quantitative estimate of drug-likeness (QED) is 0.235. The Labute approximate surface area is 231 Å². The summed E-state index contributed by atoms with van der Waals surface area (Å²) in [4.78, 5) is 5.04. The topological polar surface area (TPSA) is 30.4 Å². The van der Waals surface area contributed by atoms with Crippen LogP contribution in [0.2, 0.25) is 0 Å². The number of fused-ring (bicyclic) bond motifs is 4. The average molecular weight is 513 g/mol. The fraction of sp³-hybridized carbons (Fsp3) is 0. The predicted octanol–water partition coefficient (Wildman–Crippen LogP) is 9.90. The van der Waals surface area contributed by atoms with Crippen molar-refractivity contribution in [2.45, 2.75) is 0 Å². The molecule has 0 saturated carbocycles. The molecule has 0 unspecified atom stereocenters. The smallest absolute Gasteiger partial charge is 0.137 e. The Kier molecular flexibility index (Phi) is 5.14. The van der Waals surface area contributed by atoms with Crippen LogP contribution in [0.4, 0.5) is 0 Å². The molecule has 3 heterocycles. The molecule has 0 N–H and O–H groups in total. The van der Waals surface area contributed by atoms with E-state index in [1.165, 1.54) is 5.56 Å². The molecule has 3 heteroatoms. The number of nitrogens with zero attached hydrogens (tertiary/aromatic N) is 2. The molecular weight excluding hydrogens is 488 g/mol. The molecule has 188 valence electrons. The first-order chi connectivity index (χ1) is 19.8. The van der Waals surface area contributed by atoms with Gasteiger partial charge in [-0.25, -0.2) is 4.98 Å². The van der Waals surface area contributed by atoms with Gasteiger partial charge < -0.3 is 4.42 Å². The van der Waals surface area contributed by atoms with Crippen LogP contribution < -0.4 is 0 Å². The first-order valence-electron chi connectivity index (χ1n) is 13.5. The maximum absolute atomic E-state index is 6.12. The largest absolute Gasteiger partial charge is 0.456 e. The first kappa shape index (κ1) is 22.6. The number of hydrogen-bond donors (Lipinski definition) is 0. The summed E-state index contributed by atoms with van der Waals surface area (Å²) >= 11 is 0. The van der Waals surface area contributed by atoms with Crippen LogP contribution in [-0.2, 0) is 0 Å². The Bertz CT molecular complexity index is 2150. The number of benzene rings is 5. The van der Waals surface area contributed by atoms with Gasteiger partial charge in [-0.15, -0.1) is 0 Å². The highest BCUT2D eigenvalue weighted by Crippen LogP contribution is 2.36. The minimum atomic E-state index is 0.914. The van der Waals surface area contributed by atoms with Gasteiger partial charge in [0.15, 0.2) is 0 Å². The number of para-hydroxylation sites is 1. The van der Waals surface area contributed by atoms with E-state index in [1.54, 1.807) is 0 Å². The van der Waals surface area contributed by atoms with E-state index in [0.29, 0.717) is 0 Å². The Morgan fingerprint density at radius 2 is 1.10 bits per heavy atom. The van der Waals surface area contributed by atoms with Crippen molar-refractivity contribution in [2.24, 2.45) is 0 Å². The van der Waals surface area contributed by atoms with Crippen molar-refractivity contribution in [3.05, 3.63) is 146 Å². The molecule has 0 saturated heterocycles. The summed E-state index contributed by atoms with van der Waals surface area (Å²) in [6.07, 6.45) is 2.08. The maximum Gasteiger partial charge on any atom is 0.137 e. The van der Waals surface area contributed by atoms with E-state index in [1.807, 2.05) is 24.3 Å². The summed E-state index contributed by atoms with van der Waals surface area (Å²) in [7, 11) is 0. The van der Waals surface area contributed by atoms with Crippen LogP contribution in [-0.4, -0.2) is 9.38 Å². The number of furan rings is 1. The van der Waals surface area contributed by atoms with Crippen LogP contribution in [0, 0.1) is 0 Å². The highest BCUT2D eigenvalue weighted by molar-refractivity contribution is 6.05. The third-order valence-corrected chi connectivity index (χ3v) is 7.64. The molecule has 0 bridgehead atoms. The monoisotopic (exact) mass is 512 g/mol. The molecule has 0 radical (unpaired) electrons. The van der Waals surface area contributed by atoms with Gasteiger partial charge in [0.05, 0.1) is 11.4 Å².